The van der Waals surface area contributed by atoms with E-state index < -0.39 is 0 Å². The van der Waals surface area contributed by atoms with E-state index >= 15 is 0 Å². The van der Waals surface area contributed by atoms with Crippen molar-refractivity contribution in [3.8, 4) is 10.9 Å². The van der Waals surface area contributed by atoms with E-state index in [0.717, 1.165) is 29.4 Å². The summed E-state index contributed by atoms with van der Waals surface area (Å²) in [5, 5.41) is 13.1. The van der Waals surface area contributed by atoms with Crippen LogP contribution in [-0.4, -0.2) is 16.7 Å². The molecule has 0 amide bonds. The third kappa shape index (κ3) is 4.29. The van der Waals surface area contributed by atoms with Gasteiger partial charge in [0.2, 0.25) is 0 Å². The van der Waals surface area contributed by atoms with Crippen LogP contribution in [-0.2, 0) is 6.54 Å². The fraction of sp³-hybridized carbons (Fsp3) is 0.429. The molecule has 5 heteroatoms. The number of rotatable bonds is 6. The molecule has 0 saturated heterocycles. The summed E-state index contributed by atoms with van der Waals surface area (Å²) in [6, 6.07) is 7.90. The SMILES string of the molecule is Cc1ccccc1Oc1nnc(CNCC(C)C)s1. The van der Waals surface area contributed by atoms with E-state index in [1.165, 1.54) is 11.3 Å². The lowest BCUT2D eigenvalue weighted by atomic mass is 10.2. The Bertz CT molecular complexity index is 525. The standard InChI is InChI=1S/C14H19N3OS/c1-10(2)8-15-9-13-16-17-14(19-13)18-12-7-5-4-6-11(12)3/h4-7,10,15H,8-9H2,1-3H3. The minimum atomic E-state index is 0.593. The Kier molecular flexibility index (Phi) is 4.87. The summed E-state index contributed by atoms with van der Waals surface area (Å²) in [5.74, 6) is 1.47. The summed E-state index contributed by atoms with van der Waals surface area (Å²) in [5.41, 5.74) is 1.09. The molecule has 0 saturated carbocycles. The molecule has 19 heavy (non-hydrogen) atoms. The molecule has 0 bridgehead atoms. The van der Waals surface area contributed by atoms with Crippen molar-refractivity contribution < 1.29 is 4.74 Å². The van der Waals surface area contributed by atoms with Crippen molar-refractivity contribution in [1.29, 1.82) is 0 Å². The van der Waals surface area contributed by atoms with Crippen molar-refractivity contribution in [2.45, 2.75) is 27.3 Å². The predicted octanol–water partition coefficient (Wildman–Crippen LogP) is 3.38. The molecule has 4 nitrogen and oxygen atoms in total. The van der Waals surface area contributed by atoms with Gasteiger partial charge in [-0.25, -0.2) is 0 Å². The third-order valence-electron chi connectivity index (χ3n) is 2.57. The van der Waals surface area contributed by atoms with E-state index in [1.807, 2.05) is 31.2 Å². The smallest absolute Gasteiger partial charge is 0.299 e. The van der Waals surface area contributed by atoms with Gasteiger partial charge in [0, 0.05) is 6.54 Å². The van der Waals surface area contributed by atoms with Gasteiger partial charge >= 0.3 is 0 Å². The lowest BCUT2D eigenvalue weighted by molar-refractivity contribution is 0.469. The second-order valence-electron chi connectivity index (χ2n) is 4.85. The highest BCUT2D eigenvalue weighted by Crippen LogP contribution is 2.27. The second kappa shape index (κ2) is 6.63. The predicted molar refractivity (Wildman–Crippen MR) is 77.7 cm³/mol. The Labute approximate surface area is 117 Å². The van der Waals surface area contributed by atoms with E-state index in [0.29, 0.717) is 11.1 Å². The Balaban J connectivity index is 1.92. The van der Waals surface area contributed by atoms with Gasteiger partial charge in [-0.3, -0.25) is 0 Å². The number of ether oxygens (including phenoxy) is 1. The lowest BCUT2D eigenvalue weighted by Crippen LogP contribution is -2.18. The molecule has 0 radical (unpaired) electrons. The normalized spacial score (nSPS) is 10.9. The highest BCUT2D eigenvalue weighted by molar-refractivity contribution is 7.13. The molecule has 0 unspecified atom stereocenters. The van der Waals surface area contributed by atoms with Gasteiger partial charge in [0.05, 0.1) is 0 Å². The number of aryl methyl sites for hydroxylation is 1. The van der Waals surface area contributed by atoms with Gasteiger partial charge in [-0.2, -0.15) is 0 Å². The summed E-state index contributed by atoms with van der Waals surface area (Å²) >= 11 is 1.48. The number of aromatic nitrogens is 2. The lowest BCUT2D eigenvalue weighted by Gasteiger charge is -2.04. The largest absolute Gasteiger partial charge is 0.430 e. The van der Waals surface area contributed by atoms with Crippen molar-refractivity contribution in [2.75, 3.05) is 6.54 Å². The molecule has 0 aliphatic rings. The molecule has 0 fully saturated rings. The quantitative estimate of drug-likeness (QED) is 0.879. The van der Waals surface area contributed by atoms with Crippen LogP contribution in [0.1, 0.15) is 24.4 Å². The Morgan fingerprint density at radius 1 is 1.26 bits per heavy atom. The van der Waals surface area contributed by atoms with Crippen LogP contribution in [0.2, 0.25) is 0 Å². The van der Waals surface area contributed by atoms with Gasteiger partial charge in [0.15, 0.2) is 0 Å². The van der Waals surface area contributed by atoms with Gasteiger partial charge in [-0.15, -0.1) is 5.10 Å². The fourth-order valence-electron chi connectivity index (χ4n) is 1.58. The summed E-state index contributed by atoms with van der Waals surface area (Å²) in [4.78, 5) is 0. The molecule has 0 aliphatic heterocycles. The molecule has 0 spiro atoms. The van der Waals surface area contributed by atoms with E-state index in [-0.39, 0.29) is 0 Å². The number of nitrogens with one attached hydrogen (secondary N) is 1. The van der Waals surface area contributed by atoms with Crippen LogP contribution < -0.4 is 10.1 Å². The van der Waals surface area contributed by atoms with E-state index in [9.17, 15) is 0 Å². The maximum atomic E-state index is 5.73. The van der Waals surface area contributed by atoms with Gasteiger partial charge in [-0.1, -0.05) is 48.5 Å². The van der Waals surface area contributed by atoms with Crippen molar-refractivity contribution in [3.05, 3.63) is 34.8 Å². The first-order chi connectivity index (χ1) is 9.15. The summed E-state index contributed by atoms with van der Waals surface area (Å²) in [6.45, 7) is 8.10. The minimum absolute atomic E-state index is 0.593. The molecule has 0 aliphatic carbocycles. The zero-order valence-electron chi connectivity index (χ0n) is 11.5. The number of hydrogen-bond acceptors (Lipinski definition) is 5. The highest BCUT2D eigenvalue weighted by atomic mass is 32.1. The maximum absolute atomic E-state index is 5.73. The van der Waals surface area contributed by atoms with Crippen molar-refractivity contribution in [2.24, 2.45) is 5.92 Å². The Morgan fingerprint density at radius 2 is 2.05 bits per heavy atom. The molecular formula is C14H19N3OS. The topological polar surface area (TPSA) is 47.0 Å². The summed E-state index contributed by atoms with van der Waals surface area (Å²) < 4.78 is 5.73. The molecule has 0 atom stereocenters. The van der Waals surface area contributed by atoms with Crippen LogP contribution in [0.3, 0.4) is 0 Å². The third-order valence-corrected chi connectivity index (χ3v) is 3.37. The molecule has 1 aromatic carbocycles. The van der Waals surface area contributed by atoms with Crippen LogP contribution in [0.5, 0.6) is 10.9 Å². The maximum Gasteiger partial charge on any atom is 0.299 e. The van der Waals surface area contributed by atoms with Crippen LogP contribution >= 0.6 is 11.3 Å². The Morgan fingerprint density at radius 3 is 2.79 bits per heavy atom. The van der Waals surface area contributed by atoms with Crippen molar-refractivity contribution in [3.63, 3.8) is 0 Å². The van der Waals surface area contributed by atoms with Gasteiger partial charge in [0.25, 0.3) is 5.19 Å². The zero-order chi connectivity index (χ0) is 13.7. The molecule has 2 aromatic rings. The van der Waals surface area contributed by atoms with Gasteiger partial charge in [-0.05, 0) is 31.0 Å². The fourth-order valence-corrected chi connectivity index (χ4v) is 2.25. The molecule has 2 rings (SSSR count). The monoisotopic (exact) mass is 277 g/mol. The van der Waals surface area contributed by atoms with Crippen LogP contribution in [0, 0.1) is 12.8 Å². The average Bonchev–Trinajstić information content (AvgIpc) is 2.79. The molecule has 102 valence electrons. The van der Waals surface area contributed by atoms with Crippen molar-refractivity contribution in [1.82, 2.24) is 15.5 Å². The van der Waals surface area contributed by atoms with Crippen LogP contribution in [0.25, 0.3) is 0 Å². The first kappa shape index (κ1) is 14.0. The number of nitrogens with zero attached hydrogens (tertiary/aromatic N) is 2. The first-order valence-electron chi connectivity index (χ1n) is 6.41. The molecule has 1 heterocycles. The van der Waals surface area contributed by atoms with Crippen LogP contribution in [0.4, 0.5) is 0 Å². The Hall–Kier alpha value is -1.46. The number of para-hydroxylation sites is 1. The van der Waals surface area contributed by atoms with Crippen LogP contribution in [0.15, 0.2) is 24.3 Å². The zero-order valence-corrected chi connectivity index (χ0v) is 12.3. The molecular weight excluding hydrogens is 258 g/mol. The number of hydrogen-bond donors (Lipinski definition) is 1. The second-order valence-corrected chi connectivity index (χ2v) is 5.88. The van der Waals surface area contributed by atoms with E-state index in [1.54, 1.807) is 0 Å². The average molecular weight is 277 g/mol. The summed E-state index contributed by atoms with van der Waals surface area (Å²) in [6.07, 6.45) is 0. The minimum Gasteiger partial charge on any atom is -0.430 e. The first-order valence-corrected chi connectivity index (χ1v) is 7.23. The molecule has 1 N–H and O–H groups in total. The summed E-state index contributed by atoms with van der Waals surface area (Å²) in [7, 11) is 0. The highest BCUT2D eigenvalue weighted by Gasteiger charge is 2.07. The van der Waals surface area contributed by atoms with Gasteiger partial charge < -0.3 is 10.1 Å². The molecule has 1 aromatic heterocycles. The van der Waals surface area contributed by atoms with E-state index in [2.05, 4.69) is 29.4 Å². The number of benzene rings is 1. The van der Waals surface area contributed by atoms with Gasteiger partial charge in [0.1, 0.15) is 10.8 Å². The van der Waals surface area contributed by atoms with E-state index in [4.69, 9.17) is 4.74 Å². The van der Waals surface area contributed by atoms with Crippen molar-refractivity contribution >= 4 is 11.3 Å².